The van der Waals surface area contributed by atoms with Gasteiger partial charge >= 0.3 is 0 Å². The molecule has 0 bridgehead atoms. The fourth-order valence-electron chi connectivity index (χ4n) is 4.06. The third-order valence-electron chi connectivity index (χ3n) is 5.87. The number of nitrogens with two attached hydrogens (primary N) is 1. The van der Waals surface area contributed by atoms with Crippen molar-refractivity contribution in [1.29, 1.82) is 0 Å². The van der Waals surface area contributed by atoms with Crippen LogP contribution >= 0.6 is 0 Å². The second-order valence-electron chi connectivity index (χ2n) is 8.34. The minimum atomic E-state index is -2.17. The van der Waals surface area contributed by atoms with Crippen LogP contribution in [-0.2, 0) is 21.0 Å². The Bertz CT molecular complexity index is 1230. The molecule has 5 rings (SSSR count). The van der Waals surface area contributed by atoms with Crippen LogP contribution in [0.25, 0.3) is 16.9 Å². The molecule has 0 amide bonds. The van der Waals surface area contributed by atoms with E-state index in [0.717, 1.165) is 43.4 Å². The molecule has 2 aliphatic rings. The summed E-state index contributed by atoms with van der Waals surface area (Å²) in [6, 6.07) is 0. The van der Waals surface area contributed by atoms with Gasteiger partial charge in [0.15, 0.2) is 17.3 Å². The number of ether oxygens (including phenoxy) is 1. The van der Waals surface area contributed by atoms with Gasteiger partial charge in [-0.25, -0.2) is 28.8 Å². The molecule has 0 radical (unpaired) electrons. The molecule has 13 heteroatoms. The zero-order chi connectivity index (χ0) is 23.0. The maximum atomic E-state index is 12.2. The van der Waals surface area contributed by atoms with Crippen molar-refractivity contribution in [1.82, 2.24) is 38.8 Å². The van der Waals surface area contributed by atoms with Gasteiger partial charge in [0.2, 0.25) is 5.95 Å². The highest BCUT2D eigenvalue weighted by Crippen LogP contribution is 2.25. The molecule has 0 saturated carbocycles. The number of morpholine rings is 1. The van der Waals surface area contributed by atoms with Crippen LogP contribution in [0.1, 0.15) is 5.82 Å². The predicted octanol–water partition coefficient (Wildman–Crippen LogP) is -0.621. The summed E-state index contributed by atoms with van der Waals surface area (Å²) in [6.45, 7) is 6.37. The smallest absolute Gasteiger partial charge is 0.219 e. The molecule has 33 heavy (non-hydrogen) atoms. The van der Waals surface area contributed by atoms with Crippen molar-refractivity contribution in [3.05, 3.63) is 24.4 Å². The Hall–Kier alpha value is -2.87. The Balaban J connectivity index is 1.45. The number of hydrogen-bond donors (Lipinski definition) is 1. The van der Waals surface area contributed by atoms with Crippen LogP contribution in [0, 0.1) is 0 Å². The van der Waals surface area contributed by atoms with Gasteiger partial charge in [-0.1, -0.05) is 0 Å². The van der Waals surface area contributed by atoms with Crippen molar-refractivity contribution in [2.45, 2.75) is 6.54 Å². The van der Waals surface area contributed by atoms with Crippen LogP contribution in [0.2, 0.25) is 0 Å². The molecule has 1 atom stereocenters. The van der Waals surface area contributed by atoms with Crippen molar-refractivity contribution in [3.63, 3.8) is 0 Å². The van der Waals surface area contributed by atoms with E-state index in [0.29, 0.717) is 44.2 Å². The Labute approximate surface area is 192 Å². The SMILES string of the molecule is C=S(C)(=O)N1CCN(Cc2nc3c(N4CCOCC4)nc(-c4cnc(N)nc4)cn3n2)CC1. The maximum Gasteiger partial charge on any atom is 0.219 e. The van der Waals surface area contributed by atoms with E-state index in [1.807, 2.05) is 10.5 Å². The molecular formula is C20H28N10O2S. The molecule has 176 valence electrons. The second kappa shape index (κ2) is 8.82. The monoisotopic (exact) mass is 472 g/mol. The summed E-state index contributed by atoms with van der Waals surface area (Å²) in [5.74, 6) is 5.49. The first kappa shape index (κ1) is 21.9. The predicted molar refractivity (Wildman–Crippen MR) is 127 cm³/mol. The number of nitrogens with zero attached hydrogens (tertiary/aromatic N) is 9. The number of fused-ring (bicyclic) bond motifs is 1. The Morgan fingerprint density at radius 2 is 1.79 bits per heavy atom. The van der Waals surface area contributed by atoms with Crippen molar-refractivity contribution < 1.29 is 8.95 Å². The quantitative estimate of drug-likeness (QED) is 0.479. The highest BCUT2D eigenvalue weighted by molar-refractivity contribution is 7.97. The molecule has 1 unspecified atom stereocenters. The van der Waals surface area contributed by atoms with E-state index in [9.17, 15) is 4.21 Å². The van der Waals surface area contributed by atoms with Gasteiger partial charge in [-0.05, 0) is 5.87 Å². The number of anilines is 2. The van der Waals surface area contributed by atoms with Crippen molar-refractivity contribution in [2.24, 2.45) is 0 Å². The summed E-state index contributed by atoms with van der Waals surface area (Å²) in [6.07, 6.45) is 6.85. The Morgan fingerprint density at radius 1 is 1.09 bits per heavy atom. The number of hydrogen-bond acceptors (Lipinski definition) is 10. The summed E-state index contributed by atoms with van der Waals surface area (Å²) < 4.78 is 21.5. The first-order valence-corrected chi connectivity index (χ1v) is 12.9. The van der Waals surface area contributed by atoms with Crippen LogP contribution in [0.4, 0.5) is 11.8 Å². The van der Waals surface area contributed by atoms with E-state index in [4.69, 9.17) is 25.5 Å². The number of aromatic nitrogens is 6. The van der Waals surface area contributed by atoms with E-state index in [1.165, 1.54) is 0 Å². The lowest BCUT2D eigenvalue weighted by molar-refractivity contribution is 0.122. The van der Waals surface area contributed by atoms with Gasteiger partial charge in [0.05, 0.1) is 31.6 Å². The Morgan fingerprint density at radius 3 is 2.45 bits per heavy atom. The summed E-state index contributed by atoms with van der Waals surface area (Å²) in [4.78, 5) is 22.4. The highest BCUT2D eigenvalue weighted by Gasteiger charge is 2.24. The largest absolute Gasteiger partial charge is 0.378 e. The topological polar surface area (TPSA) is 131 Å². The molecule has 2 aliphatic heterocycles. The van der Waals surface area contributed by atoms with Crippen molar-refractivity contribution in [2.75, 3.05) is 69.4 Å². The number of rotatable bonds is 5. The molecule has 0 spiro atoms. The molecule has 5 heterocycles. The van der Waals surface area contributed by atoms with E-state index in [-0.39, 0.29) is 5.95 Å². The summed E-state index contributed by atoms with van der Waals surface area (Å²) in [5, 5.41) is 4.75. The minimum Gasteiger partial charge on any atom is -0.378 e. The average molecular weight is 473 g/mol. The van der Waals surface area contributed by atoms with E-state index in [2.05, 4.69) is 25.6 Å². The fraction of sp³-hybridized carbons (Fsp3) is 0.500. The minimum absolute atomic E-state index is 0.217. The standard InChI is InChI=1S/C20H28N10O2S/c1-33(2,31)29-5-3-27(4-6-29)14-17-25-19-18(28-7-9-32-10-8-28)24-16(13-30(19)26-17)15-11-22-20(21)23-12-15/h11-13H,1,3-10,14H2,2H3,(H2,21,22,23). The number of piperazine rings is 1. The first-order chi connectivity index (χ1) is 15.9. The molecule has 0 aliphatic carbocycles. The van der Waals surface area contributed by atoms with Gasteiger partial charge in [-0.2, -0.15) is 0 Å². The van der Waals surface area contributed by atoms with Crippen LogP contribution < -0.4 is 10.6 Å². The molecule has 2 fully saturated rings. The molecule has 3 aromatic rings. The third kappa shape index (κ3) is 4.76. The lowest BCUT2D eigenvalue weighted by Gasteiger charge is -2.34. The molecule has 3 aromatic heterocycles. The molecular weight excluding hydrogens is 444 g/mol. The van der Waals surface area contributed by atoms with Crippen molar-refractivity contribution >= 4 is 33.0 Å². The lowest BCUT2D eigenvalue weighted by atomic mass is 10.2. The summed E-state index contributed by atoms with van der Waals surface area (Å²) in [5.41, 5.74) is 7.81. The zero-order valence-corrected chi connectivity index (χ0v) is 19.4. The van der Waals surface area contributed by atoms with Crippen LogP contribution in [-0.4, -0.2) is 108 Å². The Kier molecular flexibility index (Phi) is 5.86. The molecule has 12 nitrogen and oxygen atoms in total. The van der Waals surface area contributed by atoms with Gasteiger partial charge in [-0.15, -0.1) is 5.10 Å². The van der Waals surface area contributed by atoms with Gasteiger partial charge in [-0.3, -0.25) is 9.11 Å². The fourth-order valence-corrected chi connectivity index (χ4v) is 4.99. The van der Waals surface area contributed by atoms with Gasteiger partial charge in [0, 0.05) is 73.2 Å². The van der Waals surface area contributed by atoms with Gasteiger partial charge in [0.25, 0.3) is 0 Å². The lowest BCUT2D eigenvalue weighted by Crippen LogP contribution is -2.47. The van der Waals surface area contributed by atoms with E-state index in [1.54, 1.807) is 23.2 Å². The van der Waals surface area contributed by atoms with Crippen LogP contribution in [0.3, 0.4) is 0 Å². The number of nitrogen functional groups attached to an aromatic ring is 1. The van der Waals surface area contributed by atoms with Gasteiger partial charge in [0.1, 0.15) is 0 Å². The molecule has 2 saturated heterocycles. The van der Waals surface area contributed by atoms with Crippen molar-refractivity contribution in [3.8, 4) is 11.3 Å². The normalized spacial score (nSPS) is 20.2. The van der Waals surface area contributed by atoms with Gasteiger partial charge < -0.3 is 15.4 Å². The van der Waals surface area contributed by atoms with Crippen LogP contribution in [0.5, 0.6) is 0 Å². The second-order valence-corrected chi connectivity index (χ2v) is 10.8. The average Bonchev–Trinajstić information content (AvgIpc) is 3.21. The molecule has 2 N–H and O–H groups in total. The van der Waals surface area contributed by atoms with Crippen LogP contribution in [0.15, 0.2) is 18.6 Å². The first-order valence-electron chi connectivity index (χ1n) is 10.8. The summed E-state index contributed by atoms with van der Waals surface area (Å²) >= 11 is 0. The highest BCUT2D eigenvalue weighted by atomic mass is 32.2. The van der Waals surface area contributed by atoms with E-state index < -0.39 is 9.71 Å². The summed E-state index contributed by atoms with van der Waals surface area (Å²) in [7, 11) is -2.17. The zero-order valence-electron chi connectivity index (χ0n) is 18.6. The third-order valence-corrected chi connectivity index (χ3v) is 7.32. The van der Waals surface area contributed by atoms with E-state index >= 15 is 0 Å². The maximum absolute atomic E-state index is 12.2. The molecule has 0 aromatic carbocycles.